The molecule has 1 aliphatic heterocycles. The fourth-order valence-corrected chi connectivity index (χ4v) is 3.85. The van der Waals surface area contributed by atoms with Crippen LogP contribution in [0, 0.1) is 17.2 Å². The Labute approximate surface area is 179 Å². The second kappa shape index (κ2) is 9.19. The maximum absolute atomic E-state index is 14.0. The van der Waals surface area contributed by atoms with E-state index in [1.54, 1.807) is 27.8 Å². The standard InChI is InChI=1S/C21H30FN5O4/c1-21(2,3)17(18(28)25-23-4)24-19(29)27-15-6-5-14(22)11-16(15)26(20(27)30)12-13-7-9-31-10-8-13/h5-6,11,13,17,23H,7-10,12H2,1-4H3,(H,24,29)(H,25,28). The number of hydrogen-bond donors (Lipinski definition) is 3. The minimum absolute atomic E-state index is 0.195. The number of imidazole rings is 1. The van der Waals surface area contributed by atoms with Crippen molar-refractivity contribution < 1.29 is 18.7 Å². The number of fused-ring (bicyclic) bond motifs is 1. The summed E-state index contributed by atoms with van der Waals surface area (Å²) in [7, 11) is 1.54. The maximum Gasteiger partial charge on any atom is 0.337 e. The molecule has 9 nitrogen and oxygen atoms in total. The Balaban J connectivity index is 2.00. The zero-order valence-corrected chi connectivity index (χ0v) is 18.3. The van der Waals surface area contributed by atoms with Crippen LogP contribution in [0.2, 0.25) is 0 Å². The number of nitrogens with one attached hydrogen (secondary N) is 3. The van der Waals surface area contributed by atoms with Gasteiger partial charge < -0.3 is 10.1 Å². The minimum atomic E-state index is -0.909. The lowest BCUT2D eigenvalue weighted by Crippen LogP contribution is -2.57. The third-order valence-electron chi connectivity index (χ3n) is 5.52. The van der Waals surface area contributed by atoms with Crippen LogP contribution in [0.1, 0.15) is 33.6 Å². The Morgan fingerprint density at radius 1 is 1.23 bits per heavy atom. The van der Waals surface area contributed by atoms with Crippen molar-refractivity contribution in [1.29, 1.82) is 0 Å². The number of carbonyl (C=O) groups excluding carboxylic acids is 2. The van der Waals surface area contributed by atoms with Crippen molar-refractivity contribution in [3.05, 3.63) is 34.5 Å². The van der Waals surface area contributed by atoms with Gasteiger partial charge in [-0.1, -0.05) is 20.8 Å². The molecule has 2 aromatic rings. The molecule has 1 aliphatic rings. The van der Waals surface area contributed by atoms with E-state index in [-0.39, 0.29) is 11.4 Å². The lowest BCUT2D eigenvalue weighted by Gasteiger charge is -2.30. The fraction of sp³-hybridized carbons (Fsp3) is 0.571. The predicted octanol–water partition coefficient (Wildman–Crippen LogP) is 1.59. The predicted molar refractivity (Wildman–Crippen MR) is 114 cm³/mol. The Morgan fingerprint density at radius 2 is 1.90 bits per heavy atom. The maximum atomic E-state index is 14.0. The van der Waals surface area contributed by atoms with E-state index in [0.717, 1.165) is 17.4 Å². The first-order valence-corrected chi connectivity index (χ1v) is 10.4. The van der Waals surface area contributed by atoms with Crippen molar-refractivity contribution in [1.82, 2.24) is 25.3 Å². The summed E-state index contributed by atoms with van der Waals surface area (Å²) in [6.07, 6.45) is 1.58. The van der Waals surface area contributed by atoms with E-state index < -0.39 is 34.9 Å². The Morgan fingerprint density at radius 3 is 2.52 bits per heavy atom. The van der Waals surface area contributed by atoms with Gasteiger partial charge in [-0.05, 0) is 42.4 Å². The Kier molecular flexibility index (Phi) is 6.80. The molecule has 2 heterocycles. The zero-order chi connectivity index (χ0) is 22.8. The third kappa shape index (κ3) is 4.96. The number of nitrogens with zero attached hydrogens (tertiary/aromatic N) is 2. The van der Waals surface area contributed by atoms with Gasteiger partial charge in [-0.2, -0.15) is 0 Å². The molecular weight excluding hydrogens is 405 g/mol. The number of ether oxygens (including phenoxy) is 1. The number of hydrogen-bond acceptors (Lipinski definition) is 5. The van der Waals surface area contributed by atoms with Crippen LogP contribution in [0.3, 0.4) is 0 Å². The lowest BCUT2D eigenvalue weighted by molar-refractivity contribution is -0.126. The van der Waals surface area contributed by atoms with Crippen molar-refractivity contribution in [2.24, 2.45) is 11.3 Å². The molecule has 1 saturated heterocycles. The van der Waals surface area contributed by atoms with Gasteiger partial charge in [0, 0.05) is 26.8 Å². The van der Waals surface area contributed by atoms with Crippen LogP contribution in [0.4, 0.5) is 9.18 Å². The Bertz CT molecular complexity index is 1020. The highest BCUT2D eigenvalue weighted by atomic mass is 19.1. The van der Waals surface area contributed by atoms with E-state index in [1.165, 1.54) is 22.8 Å². The van der Waals surface area contributed by atoms with Crippen molar-refractivity contribution in [2.45, 2.75) is 46.2 Å². The van der Waals surface area contributed by atoms with Crippen LogP contribution < -0.4 is 21.9 Å². The molecule has 1 atom stereocenters. The normalized spacial score (nSPS) is 16.3. The largest absolute Gasteiger partial charge is 0.381 e. The summed E-state index contributed by atoms with van der Waals surface area (Å²) >= 11 is 0. The number of hydrazine groups is 1. The first-order chi connectivity index (χ1) is 14.6. The molecular formula is C21H30FN5O4. The monoisotopic (exact) mass is 435 g/mol. The van der Waals surface area contributed by atoms with Gasteiger partial charge in [0.1, 0.15) is 11.9 Å². The van der Waals surface area contributed by atoms with Crippen molar-refractivity contribution >= 4 is 23.0 Å². The summed E-state index contributed by atoms with van der Waals surface area (Å²) in [5.74, 6) is -0.735. The number of halogens is 1. The van der Waals surface area contributed by atoms with Crippen molar-refractivity contribution in [3.63, 3.8) is 0 Å². The SMILES string of the molecule is CNNC(=O)C(NC(=O)n1c(=O)n(CC2CCOCC2)c2cc(F)ccc21)C(C)(C)C. The number of rotatable bonds is 5. The molecule has 0 spiro atoms. The average molecular weight is 436 g/mol. The van der Waals surface area contributed by atoms with Crippen LogP contribution in [0.15, 0.2) is 23.0 Å². The lowest BCUT2D eigenvalue weighted by atomic mass is 9.86. The molecule has 10 heteroatoms. The quantitative estimate of drug-likeness (QED) is 0.619. The molecule has 1 fully saturated rings. The second-order valence-corrected chi connectivity index (χ2v) is 8.91. The highest BCUT2D eigenvalue weighted by Crippen LogP contribution is 2.22. The van der Waals surface area contributed by atoms with E-state index in [4.69, 9.17) is 4.74 Å². The molecule has 170 valence electrons. The fourth-order valence-electron chi connectivity index (χ4n) is 3.85. The molecule has 31 heavy (non-hydrogen) atoms. The van der Waals surface area contributed by atoms with Gasteiger partial charge in [-0.15, -0.1) is 0 Å². The smallest absolute Gasteiger partial charge is 0.337 e. The molecule has 1 unspecified atom stereocenters. The zero-order valence-electron chi connectivity index (χ0n) is 18.3. The molecule has 0 aliphatic carbocycles. The van der Waals surface area contributed by atoms with Crippen LogP contribution >= 0.6 is 0 Å². The van der Waals surface area contributed by atoms with Gasteiger partial charge in [-0.3, -0.25) is 14.8 Å². The third-order valence-corrected chi connectivity index (χ3v) is 5.52. The number of carbonyl (C=O) groups is 2. The van der Waals surface area contributed by atoms with Crippen LogP contribution in [-0.2, 0) is 16.1 Å². The summed E-state index contributed by atoms with van der Waals surface area (Å²) < 4.78 is 21.8. The topological polar surface area (TPSA) is 106 Å². The molecule has 3 N–H and O–H groups in total. The van der Waals surface area contributed by atoms with Crippen molar-refractivity contribution in [3.8, 4) is 0 Å². The summed E-state index contributed by atoms with van der Waals surface area (Å²) in [6, 6.07) is 2.23. The van der Waals surface area contributed by atoms with Gasteiger partial charge in [-0.25, -0.2) is 24.0 Å². The Hall–Kier alpha value is -2.72. The molecule has 0 bridgehead atoms. The van der Waals surface area contributed by atoms with Crippen LogP contribution in [0.5, 0.6) is 0 Å². The molecule has 3 rings (SSSR count). The highest BCUT2D eigenvalue weighted by molar-refractivity contribution is 5.93. The second-order valence-electron chi connectivity index (χ2n) is 8.91. The van der Waals surface area contributed by atoms with Gasteiger partial charge in [0.15, 0.2) is 0 Å². The van der Waals surface area contributed by atoms with E-state index in [1.807, 2.05) is 0 Å². The molecule has 0 saturated carbocycles. The summed E-state index contributed by atoms with van der Waals surface area (Å²) in [6.45, 7) is 7.01. The van der Waals surface area contributed by atoms with Gasteiger partial charge in [0.2, 0.25) is 0 Å². The first-order valence-electron chi connectivity index (χ1n) is 10.4. The summed E-state index contributed by atoms with van der Waals surface area (Å²) in [4.78, 5) is 38.9. The van der Waals surface area contributed by atoms with Gasteiger partial charge in [0.05, 0.1) is 11.0 Å². The molecule has 2 amide bonds. The summed E-state index contributed by atoms with van der Waals surface area (Å²) in [5.41, 5.74) is 4.48. The van der Waals surface area contributed by atoms with E-state index >= 15 is 0 Å². The van der Waals surface area contributed by atoms with Gasteiger partial charge in [0.25, 0.3) is 5.91 Å². The summed E-state index contributed by atoms with van der Waals surface area (Å²) in [5, 5.41) is 2.67. The van der Waals surface area contributed by atoms with Gasteiger partial charge >= 0.3 is 11.7 Å². The number of aromatic nitrogens is 2. The van der Waals surface area contributed by atoms with E-state index in [9.17, 15) is 18.8 Å². The minimum Gasteiger partial charge on any atom is -0.381 e. The van der Waals surface area contributed by atoms with E-state index in [2.05, 4.69) is 16.2 Å². The highest BCUT2D eigenvalue weighted by Gasteiger charge is 2.34. The first kappa shape index (κ1) is 23.0. The molecule has 1 aromatic heterocycles. The van der Waals surface area contributed by atoms with Crippen LogP contribution in [-0.4, -0.2) is 47.4 Å². The van der Waals surface area contributed by atoms with E-state index in [0.29, 0.717) is 25.3 Å². The molecule has 1 aromatic carbocycles. The number of benzene rings is 1. The number of amides is 2. The average Bonchev–Trinajstić information content (AvgIpc) is 2.97. The molecule has 0 radical (unpaired) electrons. The van der Waals surface area contributed by atoms with Crippen LogP contribution in [0.25, 0.3) is 11.0 Å². The van der Waals surface area contributed by atoms with Crippen molar-refractivity contribution in [2.75, 3.05) is 20.3 Å².